The van der Waals surface area contributed by atoms with Gasteiger partial charge >= 0.3 is 5.97 Å². The van der Waals surface area contributed by atoms with E-state index in [1.807, 2.05) is 4.90 Å². The first kappa shape index (κ1) is 17.4. The average Bonchev–Trinajstić information content (AvgIpc) is 2.85. The predicted molar refractivity (Wildman–Crippen MR) is 93.5 cm³/mol. The van der Waals surface area contributed by atoms with Gasteiger partial charge in [0.05, 0.1) is 12.0 Å². The van der Waals surface area contributed by atoms with E-state index in [9.17, 15) is 14.9 Å². The van der Waals surface area contributed by atoms with E-state index in [0.29, 0.717) is 23.0 Å². The molecule has 0 amide bonds. The normalized spacial score (nSPS) is 20.4. The second kappa shape index (κ2) is 7.10. The van der Waals surface area contributed by atoms with E-state index in [1.54, 1.807) is 18.2 Å². The van der Waals surface area contributed by atoms with Crippen LogP contribution in [-0.4, -0.2) is 45.1 Å². The number of hydrogen-bond acceptors (Lipinski definition) is 6. The zero-order valence-electron chi connectivity index (χ0n) is 12.6. The molecule has 1 fully saturated rings. The van der Waals surface area contributed by atoms with Crippen molar-refractivity contribution in [2.24, 2.45) is 0 Å². The van der Waals surface area contributed by atoms with Gasteiger partial charge < -0.3 is 9.64 Å². The number of nitro benzene ring substituents is 1. The van der Waals surface area contributed by atoms with Gasteiger partial charge in [-0.3, -0.25) is 10.1 Å². The summed E-state index contributed by atoms with van der Waals surface area (Å²) < 4.78 is 5.62. The van der Waals surface area contributed by atoms with Gasteiger partial charge in [0.1, 0.15) is 4.32 Å². The fraction of sp³-hybridized carbons (Fsp3) is 0.333. The molecule has 23 heavy (non-hydrogen) atoms. The van der Waals surface area contributed by atoms with Gasteiger partial charge in [-0.05, 0) is 5.56 Å². The van der Waals surface area contributed by atoms with E-state index >= 15 is 0 Å². The molecular weight excluding hydrogens is 336 g/mol. The first-order chi connectivity index (χ1) is 10.9. The summed E-state index contributed by atoms with van der Waals surface area (Å²) in [6.45, 7) is 4.15. The molecule has 0 N–H and O–H groups in total. The Balaban J connectivity index is 2.35. The standard InChI is InChI=1S/C15H16N2O4S2/c1-3-8-16-14(22)23-10-15(16,13(18)21-2)9-11-4-6-12(7-5-11)17(19)20/h3-7H,1,8-10H2,2H3. The topological polar surface area (TPSA) is 72.7 Å². The molecule has 0 bridgehead atoms. The molecule has 0 spiro atoms. The number of esters is 1. The third-order valence-electron chi connectivity index (χ3n) is 3.69. The van der Waals surface area contributed by atoms with Crippen LogP contribution in [-0.2, 0) is 16.0 Å². The minimum atomic E-state index is -0.916. The highest BCUT2D eigenvalue weighted by atomic mass is 32.2. The van der Waals surface area contributed by atoms with Crippen molar-refractivity contribution >= 4 is 40.0 Å². The minimum absolute atomic E-state index is 0.0140. The highest BCUT2D eigenvalue weighted by Gasteiger charge is 2.50. The lowest BCUT2D eigenvalue weighted by molar-refractivity contribution is -0.384. The number of thioether (sulfide) groups is 1. The maximum atomic E-state index is 12.5. The smallest absolute Gasteiger partial charge is 0.332 e. The van der Waals surface area contributed by atoms with Gasteiger partial charge in [-0.15, -0.1) is 6.58 Å². The van der Waals surface area contributed by atoms with Crippen molar-refractivity contribution in [1.82, 2.24) is 4.90 Å². The van der Waals surface area contributed by atoms with Gasteiger partial charge in [-0.1, -0.05) is 42.2 Å². The SMILES string of the molecule is C=CCN1C(=S)SCC1(Cc1ccc([N+](=O)[O-])cc1)C(=O)OC. The van der Waals surface area contributed by atoms with Crippen LogP contribution >= 0.6 is 24.0 Å². The van der Waals surface area contributed by atoms with Crippen LogP contribution in [0.5, 0.6) is 0 Å². The van der Waals surface area contributed by atoms with Gasteiger partial charge in [0.15, 0.2) is 5.54 Å². The number of nitro groups is 1. The largest absolute Gasteiger partial charge is 0.467 e. The predicted octanol–water partition coefficient (Wildman–Crippen LogP) is 2.57. The third-order valence-corrected chi connectivity index (χ3v) is 5.36. The van der Waals surface area contributed by atoms with Crippen LogP contribution in [0.15, 0.2) is 36.9 Å². The molecular formula is C15H16N2O4S2. The van der Waals surface area contributed by atoms with E-state index in [2.05, 4.69) is 6.58 Å². The van der Waals surface area contributed by atoms with Crippen LogP contribution in [0, 0.1) is 10.1 Å². The molecule has 0 aliphatic carbocycles. The average molecular weight is 352 g/mol. The second-order valence-electron chi connectivity index (χ2n) is 5.08. The van der Waals surface area contributed by atoms with Gasteiger partial charge in [0.25, 0.3) is 5.69 Å². The summed E-state index contributed by atoms with van der Waals surface area (Å²) in [5, 5.41) is 10.7. The Bertz CT molecular complexity index is 647. The highest BCUT2D eigenvalue weighted by Crippen LogP contribution is 2.37. The Morgan fingerprint density at radius 3 is 2.74 bits per heavy atom. The molecule has 1 aromatic rings. The fourth-order valence-electron chi connectivity index (χ4n) is 2.54. The van der Waals surface area contributed by atoms with Crippen molar-refractivity contribution in [2.45, 2.75) is 12.0 Å². The molecule has 1 aliphatic heterocycles. The number of nitrogens with zero attached hydrogens (tertiary/aromatic N) is 2. The monoisotopic (exact) mass is 352 g/mol. The Kier molecular flexibility index (Phi) is 5.38. The lowest BCUT2D eigenvalue weighted by atomic mass is 9.91. The number of carbonyl (C=O) groups excluding carboxylic acids is 1. The third kappa shape index (κ3) is 3.37. The number of thiocarbonyl (C=S) groups is 1. The molecule has 1 saturated heterocycles. The van der Waals surface area contributed by atoms with E-state index in [4.69, 9.17) is 17.0 Å². The van der Waals surface area contributed by atoms with Crippen molar-refractivity contribution in [3.63, 3.8) is 0 Å². The molecule has 0 radical (unpaired) electrons. The van der Waals surface area contributed by atoms with Crippen molar-refractivity contribution in [1.29, 1.82) is 0 Å². The first-order valence-electron chi connectivity index (χ1n) is 6.81. The lowest BCUT2D eigenvalue weighted by Crippen LogP contribution is -2.55. The number of methoxy groups -OCH3 is 1. The first-order valence-corrected chi connectivity index (χ1v) is 8.21. The van der Waals surface area contributed by atoms with Gasteiger partial charge in [0, 0.05) is 30.9 Å². The molecule has 1 aromatic carbocycles. The van der Waals surface area contributed by atoms with Crippen LogP contribution in [0.3, 0.4) is 0 Å². The summed E-state index contributed by atoms with van der Waals surface area (Å²) in [7, 11) is 1.35. The molecule has 0 aromatic heterocycles. The summed E-state index contributed by atoms with van der Waals surface area (Å²) in [6.07, 6.45) is 2.05. The molecule has 2 rings (SSSR count). The number of non-ortho nitro benzene ring substituents is 1. The maximum Gasteiger partial charge on any atom is 0.332 e. The number of rotatable bonds is 6. The van der Waals surface area contributed by atoms with E-state index in [0.717, 1.165) is 5.56 Å². The highest BCUT2D eigenvalue weighted by molar-refractivity contribution is 8.23. The molecule has 1 aliphatic rings. The van der Waals surface area contributed by atoms with Crippen LogP contribution in [0.25, 0.3) is 0 Å². The molecule has 6 nitrogen and oxygen atoms in total. The molecule has 8 heteroatoms. The number of carbonyl (C=O) groups is 1. The zero-order chi connectivity index (χ0) is 17.0. The lowest BCUT2D eigenvalue weighted by Gasteiger charge is -2.35. The molecule has 1 unspecified atom stereocenters. The van der Waals surface area contributed by atoms with Gasteiger partial charge in [0.2, 0.25) is 0 Å². The second-order valence-corrected chi connectivity index (χ2v) is 6.69. The fourth-order valence-corrected chi connectivity index (χ4v) is 4.11. The van der Waals surface area contributed by atoms with Crippen LogP contribution in [0.4, 0.5) is 5.69 Å². The summed E-state index contributed by atoms with van der Waals surface area (Å²) in [5.41, 5.74) is -0.0959. The number of benzene rings is 1. The maximum absolute atomic E-state index is 12.5. The van der Waals surface area contributed by atoms with Crippen LogP contribution < -0.4 is 0 Å². The number of hydrogen-bond donors (Lipinski definition) is 0. The molecule has 0 saturated carbocycles. The van der Waals surface area contributed by atoms with Gasteiger partial charge in [-0.25, -0.2) is 4.79 Å². The number of ether oxygens (including phenoxy) is 1. The summed E-state index contributed by atoms with van der Waals surface area (Å²) in [5.74, 6) is 0.105. The molecule has 1 atom stereocenters. The van der Waals surface area contributed by atoms with Crippen LogP contribution in [0.1, 0.15) is 5.56 Å². The van der Waals surface area contributed by atoms with Crippen molar-refractivity contribution in [3.8, 4) is 0 Å². The van der Waals surface area contributed by atoms with Gasteiger partial charge in [-0.2, -0.15) is 0 Å². The van der Waals surface area contributed by atoms with Crippen molar-refractivity contribution < 1.29 is 14.5 Å². The summed E-state index contributed by atoms with van der Waals surface area (Å²) in [4.78, 5) is 24.6. The minimum Gasteiger partial charge on any atom is -0.467 e. The summed E-state index contributed by atoms with van der Waals surface area (Å²) >= 11 is 6.76. The Labute approximate surface area is 143 Å². The van der Waals surface area contributed by atoms with Crippen molar-refractivity contribution in [2.75, 3.05) is 19.4 Å². The summed E-state index contributed by atoms with van der Waals surface area (Å²) in [6, 6.07) is 6.17. The van der Waals surface area contributed by atoms with E-state index < -0.39 is 10.5 Å². The Morgan fingerprint density at radius 2 is 2.22 bits per heavy atom. The molecule has 122 valence electrons. The Hall–Kier alpha value is -1.93. The van der Waals surface area contributed by atoms with Crippen LogP contribution in [0.2, 0.25) is 0 Å². The Morgan fingerprint density at radius 1 is 1.57 bits per heavy atom. The quantitative estimate of drug-likeness (QED) is 0.256. The van der Waals surface area contributed by atoms with E-state index in [1.165, 1.54) is 31.0 Å². The molecule has 1 heterocycles. The zero-order valence-corrected chi connectivity index (χ0v) is 14.2. The van der Waals surface area contributed by atoms with Crippen molar-refractivity contribution in [3.05, 3.63) is 52.6 Å². The van der Waals surface area contributed by atoms with E-state index in [-0.39, 0.29) is 11.7 Å².